The van der Waals surface area contributed by atoms with Crippen LogP contribution in [0.5, 0.6) is 5.75 Å². The number of aromatic nitrogens is 3. The van der Waals surface area contributed by atoms with Crippen molar-refractivity contribution in [2.45, 2.75) is 90.9 Å². The van der Waals surface area contributed by atoms with Crippen LogP contribution in [-0.2, 0) is 42.7 Å². The summed E-state index contributed by atoms with van der Waals surface area (Å²) in [5.41, 5.74) is 15.7. The molecule has 0 aliphatic heterocycles. The number of phenols is 1. The fourth-order valence-corrected chi connectivity index (χ4v) is 9.22. The zero-order chi connectivity index (χ0) is 42.4. The van der Waals surface area contributed by atoms with Crippen LogP contribution >= 0.6 is 0 Å². The fraction of sp³-hybridized carbons (Fsp3) is 0.250. The summed E-state index contributed by atoms with van der Waals surface area (Å²) in [6, 6.07) is 51.3. The molecule has 310 valence electrons. The Balaban J connectivity index is 0.00000514. The Bertz CT molecular complexity index is 2940. The quantitative estimate of drug-likeness (QED) is 0.169. The van der Waals surface area contributed by atoms with E-state index < -0.39 is 0 Å². The van der Waals surface area contributed by atoms with Gasteiger partial charge in [-0.15, -0.1) is 29.3 Å². The van der Waals surface area contributed by atoms with Gasteiger partial charge in [-0.3, -0.25) is 9.55 Å². The van der Waals surface area contributed by atoms with Crippen molar-refractivity contribution in [1.29, 1.82) is 0 Å². The van der Waals surface area contributed by atoms with Crippen molar-refractivity contribution in [3.05, 3.63) is 179 Å². The Hall–Kier alpha value is -5.57. The van der Waals surface area contributed by atoms with Crippen molar-refractivity contribution in [2.75, 3.05) is 0 Å². The largest absolute Gasteiger partial charge is 0.507 e. The number of hydrogen-bond donors (Lipinski definition) is 1. The monoisotopic (exact) mass is 979 g/mol. The van der Waals surface area contributed by atoms with Crippen LogP contribution in [0, 0.1) is 6.07 Å². The van der Waals surface area contributed by atoms with E-state index in [1.807, 2.05) is 12.3 Å². The summed E-state index contributed by atoms with van der Waals surface area (Å²) in [5, 5.41) is 12.3. The van der Waals surface area contributed by atoms with Gasteiger partial charge in [0.2, 0.25) is 0 Å². The Kier molecular flexibility index (Phi) is 10.4. The van der Waals surface area contributed by atoms with E-state index in [0.29, 0.717) is 11.4 Å². The van der Waals surface area contributed by atoms with E-state index in [2.05, 4.69) is 207 Å². The van der Waals surface area contributed by atoms with Gasteiger partial charge in [0.15, 0.2) is 0 Å². The van der Waals surface area contributed by atoms with Crippen LogP contribution in [0.4, 0.5) is 0 Å². The van der Waals surface area contributed by atoms with Gasteiger partial charge in [-0.05, 0) is 74.5 Å². The molecule has 0 unspecified atom stereocenters. The molecule has 0 spiro atoms. The van der Waals surface area contributed by atoms with E-state index in [1.54, 1.807) is 0 Å². The standard InChI is InChI=1S/C56H54N3O.Pt/c1-53(2,3)38-33-43(51(60)46(34-38)54(4,5)6)52-58-50-41(25-19-27-47(50)59(52)40-22-15-12-16-23-40)35-30-36(32-39(31-35)55(7,8)37-20-13-11-14-21-37)49-48-42-24-17-18-26-44(42)56(9,10)45(48)28-29-57-49;/h11-29,31-34,60H,1-10H3;/q-1;. The van der Waals surface area contributed by atoms with Gasteiger partial charge >= 0.3 is 0 Å². The molecule has 0 saturated carbocycles. The van der Waals surface area contributed by atoms with Crippen molar-refractivity contribution in [3.8, 4) is 56.3 Å². The van der Waals surface area contributed by atoms with Crippen molar-refractivity contribution < 1.29 is 26.2 Å². The molecular formula is C56H54N3OPt-. The Labute approximate surface area is 376 Å². The Morgan fingerprint density at radius 2 is 1.23 bits per heavy atom. The second-order valence-electron chi connectivity index (χ2n) is 19.6. The molecule has 0 atom stereocenters. The van der Waals surface area contributed by atoms with Gasteiger partial charge in [0.25, 0.3) is 0 Å². The van der Waals surface area contributed by atoms with E-state index in [-0.39, 0.29) is 48.5 Å². The van der Waals surface area contributed by atoms with Crippen LogP contribution in [0.25, 0.3) is 61.6 Å². The predicted molar refractivity (Wildman–Crippen MR) is 249 cm³/mol. The summed E-state index contributed by atoms with van der Waals surface area (Å²) >= 11 is 0. The first-order valence-electron chi connectivity index (χ1n) is 21.1. The maximum Gasteiger partial charge on any atom is 0.148 e. The predicted octanol–water partition coefficient (Wildman–Crippen LogP) is 14.2. The second kappa shape index (κ2) is 15.1. The zero-order valence-corrected chi connectivity index (χ0v) is 39.2. The van der Waals surface area contributed by atoms with E-state index in [4.69, 9.17) is 9.97 Å². The van der Waals surface area contributed by atoms with Crippen molar-refractivity contribution in [1.82, 2.24) is 14.5 Å². The number of benzene rings is 6. The number of phenolic OH excluding ortho intramolecular Hbond substituents is 1. The summed E-state index contributed by atoms with van der Waals surface area (Å²) < 4.78 is 2.20. The van der Waals surface area contributed by atoms with E-state index in [1.165, 1.54) is 27.8 Å². The van der Waals surface area contributed by atoms with E-state index in [9.17, 15) is 5.11 Å². The number of fused-ring (bicyclic) bond motifs is 4. The van der Waals surface area contributed by atoms with Crippen molar-refractivity contribution in [2.24, 2.45) is 0 Å². The first kappa shape index (κ1) is 42.1. The van der Waals surface area contributed by atoms with E-state index in [0.717, 1.165) is 55.8 Å². The molecule has 2 heterocycles. The topological polar surface area (TPSA) is 50.9 Å². The molecule has 9 rings (SSSR count). The summed E-state index contributed by atoms with van der Waals surface area (Å²) in [4.78, 5) is 10.7. The minimum atomic E-state index is -0.347. The van der Waals surface area contributed by atoms with Gasteiger partial charge in [0, 0.05) is 55.0 Å². The van der Waals surface area contributed by atoms with Crippen LogP contribution in [-0.4, -0.2) is 19.6 Å². The third-order valence-corrected chi connectivity index (χ3v) is 12.8. The molecule has 0 saturated heterocycles. The number of pyridine rings is 1. The molecule has 0 radical (unpaired) electrons. The molecule has 0 fully saturated rings. The minimum Gasteiger partial charge on any atom is -0.507 e. The van der Waals surface area contributed by atoms with Crippen LogP contribution in [0.15, 0.2) is 140 Å². The summed E-state index contributed by atoms with van der Waals surface area (Å²) in [7, 11) is 0. The number of aromatic hydroxyl groups is 1. The van der Waals surface area contributed by atoms with Gasteiger partial charge in [0.1, 0.15) is 11.6 Å². The molecule has 4 nitrogen and oxygen atoms in total. The van der Waals surface area contributed by atoms with Gasteiger partial charge in [0.05, 0.1) is 16.6 Å². The molecule has 5 heteroatoms. The number of imidazole rings is 1. The number of rotatable bonds is 6. The molecule has 2 aromatic heterocycles. The van der Waals surface area contributed by atoms with Gasteiger partial charge in [-0.1, -0.05) is 171 Å². The fourth-order valence-electron chi connectivity index (χ4n) is 9.22. The Morgan fingerprint density at radius 3 is 1.92 bits per heavy atom. The maximum absolute atomic E-state index is 12.3. The average molecular weight is 980 g/mol. The number of para-hydroxylation sites is 2. The first-order chi connectivity index (χ1) is 28.5. The number of nitrogens with zero attached hydrogens (tertiary/aromatic N) is 3. The molecule has 61 heavy (non-hydrogen) atoms. The van der Waals surface area contributed by atoms with E-state index >= 15 is 0 Å². The molecule has 1 aliphatic carbocycles. The summed E-state index contributed by atoms with van der Waals surface area (Å²) in [6.45, 7) is 22.4. The Morgan fingerprint density at radius 1 is 0.590 bits per heavy atom. The van der Waals surface area contributed by atoms with Gasteiger partial charge in [-0.2, -0.15) is 0 Å². The number of hydrogen-bond acceptors (Lipinski definition) is 3. The third-order valence-electron chi connectivity index (χ3n) is 12.8. The zero-order valence-electron chi connectivity index (χ0n) is 36.9. The third kappa shape index (κ3) is 7.07. The molecule has 0 bridgehead atoms. The van der Waals surface area contributed by atoms with Crippen LogP contribution in [0.3, 0.4) is 0 Å². The minimum absolute atomic E-state index is 0. The second-order valence-corrected chi connectivity index (χ2v) is 19.6. The first-order valence-corrected chi connectivity index (χ1v) is 21.1. The van der Waals surface area contributed by atoms with Crippen LogP contribution in [0.1, 0.15) is 103 Å². The molecule has 0 amide bonds. The molecule has 8 aromatic rings. The smallest absolute Gasteiger partial charge is 0.148 e. The van der Waals surface area contributed by atoms with Gasteiger partial charge in [-0.25, -0.2) is 4.98 Å². The van der Waals surface area contributed by atoms with Crippen LogP contribution < -0.4 is 0 Å². The summed E-state index contributed by atoms with van der Waals surface area (Å²) in [5.74, 6) is 0.956. The average Bonchev–Trinajstić information content (AvgIpc) is 3.73. The molecular weight excluding hydrogens is 926 g/mol. The van der Waals surface area contributed by atoms with Crippen LogP contribution in [0.2, 0.25) is 0 Å². The van der Waals surface area contributed by atoms with Crippen molar-refractivity contribution >= 4 is 11.0 Å². The normalized spacial score (nSPS) is 13.5. The SMILES string of the molecule is CC(C)(C)c1cc(-c2nc3c(-c4[c-]c(-c5nccc6c5-c5ccccc5C6(C)C)cc(C(C)(C)c5ccccc5)c4)cccc3n2-c2ccccc2)c(O)c(C(C)(C)C)c1.[Pt]. The molecule has 1 N–H and O–H groups in total. The maximum atomic E-state index is 12.3. The van der Waals surface area contributed by atoms with Gasteiger partial charge < -0.3 is 5.11 Å². The van der Waals surface area contributed by atoms with Crippen molar-refractivity contribution in [3.63, 3.8) is 0 Å². The molecule has 6 aromatic carbocycles. The molecule has 1 aliphatic rings. The summed E-state index contributed by atoms with van der Waals surface area (Å²) in [6.07, 6.45) is 1.96.